The Kier molecular flexibility index (Phi) is 7.92. The van der Waals surface area contributed by atoms with Crippen LogP contribution in [-0.4, -0.2) is 51.1 Å². The van der Waals surface area contributed by atoms with Gasteiger partial charge in [0.05, 0.1) is 6.26 Å². The lowest BCUT2D eigenvalue weighted by atomic mass is 10.0. The van der Waals surface area contributed by atoms with E-state index in [4.69, 9.17) is 4.42 Å². The van der Waals surface area contributed by atoms with Gasteiger partial charge in [0.2, 0.25) is 0 Å². The fourth-order valence-corrected chi connectivity index (χ4v) is 3.86. The molecule has 0 bridgehead atoms. The van der Waals surface area contributed by atoms with Gasteiger partial charge in [-0.05, 0) is 62.9 Å². The molecule has 1 amide bonds. The van der Waals surface area contributed by atoms with Gasteiger partial charge in [0.1, 0.15) is 5.82 Å². The number of nitrogens with one attached hydrogen (secondary N) is 3. The van der Waals surface area contributed by atoms with Crippen molar-refractivity contribution in [3.05, 3.63) is 53.2 Å². The Labute approximate surface area is 183 Å². The standard InChI is InChI=1S/C23H32FN5O2/c1-16-9-13-31-21(16)22(30)26-10-5-11-27-23(25-3)28-19-6-4-12-29(15-19)20-8-7-18(24)14-17(20)2/h7-9,13-14,19H,4-6,10-12,15H2,1-3H3,(H,26,30)(H2,25,27,28). The summed E-state index contributed by atoms with van der Waals surface area (Å²) in [7, 11) is 1.75. The van der Waals surface area contributed by atoms with Crippen LogP contribution in [0, 0.1) is 19.7 Å². The normalized spacial score (nSPS) is 16.8. The van der Waals surface area contributed by atoms with Crippen LogP contribution in [0.1, 0.15) is 40.9 Å². The van der Waals surface area contributed by atoms with E-state index in [1.807, 2.05) is 19.9 Å². The average molecular weight is 430 g/mol. The summed E-state index contributed by atoms with van der Waals surface area (Å²) >= 11 is 0. The van der Waals surface area contributed by atoms with Gasteiger partial charge in [0, 0.05) is 50.5 Å². The number of carbonyl (C=O) groups excluding carboxylic acids is 1. The van der Waals surface area contributed by atoms with Crippen molar-refractivity contribution in [1.82, 2.24) is 16.0 Å². The van der Waals surface area contributed by atoms with Crippen molar-refractivity contribution >= 4 is 17.6 Å². The average Bonchev–Trinajstić information content (AvgIpc) is 3.18. The molecule has 0 saturated carbocycles. The monoisotopic (exact) mass is 429 g/mol. The van der Waals surface area contributed by atoms with Crippen molar-refractivity contribution in [3.8, 4) is 0 Å². The molecule has 1 unspecified atom stereocenters. The predicted octanol–water partition coefficient (Wildman–Crippen LogP) is 2.99. The Bertz CT molecular complexity index is 911. The van der Waals surface area contributed by atoms with Crippen molar-refractivity contribution in [1.29, 1.82) is 0 Å². The van der Waals surface area contributed by atoms with Crippen molar-refractivity contribution in [3.63, 3.8) is 0 Å². The van der Waals surface area contributed by atoms with Crippen LogP contribution >= 0.6 is 0 Å². The molecule has 0 aliphatic carbocycles. The molecule has 3 N–H and O–H groups in total. The van der Waals surface area contributed by atoms with E-state index in [2.05, 4.69) is 25.8 Å². The lowest BCUT2D eigenvalue weighted by Gasteiger charge is -2.36. The Balaban J connectivity index is 1.41. The van der Waals surface area contributed by atoms with E-state index in [1.165, 1.54) is 12.3 Å². The summed E-state index contributed by atoms with van der Waals surface area (Å²) in [6.45, 7) is 6.83. The Morgan fingerprint density at radius 1 is 1.23 bits per heavy atom. The molecule has 1 aliphatic rings. The van der Waals surface area contributed by atoms with Crippen molar-refractivity contribution < 1.29 is 13.6 Å². The van der Waals surface area contributed by atoms with Crippen LogP contribution in [0.15, 0.2) is 39.9 Å². The van der Waals surface area contributed by atoms with Gasteiger partial charge < -0.3 is 25.3 Å². The third kappa shape index (κ3) is 6.23. The van der Waals surface area contributed by atoms with E-state index in [0.717, 1.165) is 55.1 Å². The van der Waals surface area contributed by atoms with E-state index in [0.29, 0.717) is 18.8 Å². The second-order valence-electron chi connectivity index (χ2n) is 7.90. The number of furan rings is 1. The van der Waals surface area contributed by atoms with E-state index in [1.54, 1.807) is 19.2 Å². The number of carbonyl (C=O) groups is 1. The zero-order valence-corrected chi connectivity index (χ0v) is 18.5. The van der Waals surface area contributed by atoms with Gasteiger partial charge in [0.15, 0.2) is 11.7 Å². The minimum Gasteiger partial charge on any atom is -0.459 e. The molecule has 2 aromatic rings. The van der Waals surface area contributed by atoms with Gasteiger partial charge in [0.25, 0.3) is 5.91 Å². The highest BCUT2D eigenvalue weighted by Crippen LogP contribution is 2.24. The smallest absolute Gasteiger partial charge is 0.287 e. The SMILES string of the molecule is CN=C(NCCCNC(=O)c1occc1C)NC1CCCN(c2ccc(F)cc2C)C1. The Hall–Kier alpha value is -3.03. The molecular formula is C23H32FN5O2. The van der Waals surface area contributed by atoms with Gasteiger partial charge in [-0.3, -0.25) is 9.79 Å². The minimum atomic E-state index is -0.201. The highest BCUT2D eigenvalue weighted by Gasteiger charge is 2.22. The van der Waals surface area contributed by atoms with Gasteiger partial charge in [-0.2, -0.15) is 0 Å². The maximum Gasteiger partial charge on any atom is 0.287 e. The van der Waals surface area contributed by atoms with Crippen LogP contribution in [0.3, 0.4) is 0 Å². The summed E-state index contributed by atoms with van der Waals surface area (Å²) in [5, 5.41) is 9.66. The zero-order chi connectivity index (χ0) is 22.2. The molecule has 3 rings (SSSR count). The first kappa shape index (κ1) is 22.7. The molecule has 1 atom stereocenters. The minimum absolute atomic E-state index is 0.191. The van der Waals surface area contributed by atoms with Gasteiger partial charge in [-0.1, -0.05) is 0 Å². The predicted molar refractivity (Wildman–Crippen MR) is 121 cm³/mol. The maximum atomic E-state index is 13.4. The number of hydrogen-bond acceptors (Lipinski definition) is 4. The van der Waals surface area contributed by atoms with E-state index in [9.17, 15) is 9.18 Å². The van der Waals surface area contributed by atoms with E-state index < -0.39 is 0 Å². The number of halogens is 1. The van der Waals surface area contributed by atoms with Crippen LogP contribution in [0.25, 0.3) is 0 Å². The third-order valence-electron chi connectivity index (χ3n) is 5.49. The van der Waals surface area contributed by atoms with Crippen molar-refractivity contribution in [2.75, 3.05) is 38.1 Å². The summed E-state index contributed by atoms with van der Waals surface area (Å²) < 4.78 is 18.6. The molecule has 0 spiro atoms. The van der Waals surface area contributed by atoms with Gasteiger partial charge >= 0.3 is 0 Å². The first-order valence-electron chi connectivity index (χ1n) is 10.8. The Morgan fingerprint density at radius 3 is 2.74 bits per heavy atom. The van der Waals surface area contributed by atoms with Gasteiger partial charge in [-0.15, -0.1) is 0 Å². The zero-order valence-electron chi connectivity index (χ0n) is 18.5. The number of benzene rings is 1. The molecular weight excluding hydrogens is 397 g/mol. The number of anilines is 1. The molecule has 1 fully saturated rings. The number of piperidine rings is 1. The summed E-state index contributed by atoms with van der Waals surface area (Å²) in [5.74, 6) is 0.718. The molecule has 1 aliphatic heterocycles. The van der Waals surface area contributed by atoms with E-state index >= 15 is 0 Å². The number of rotatable bonds is 7. The molecule has 8 heteroatoms. The highest BCUT2D eigenvalue weighted by molar-refractivity contribution is 5.92. The lowest BCUT2D eigenvalue weighted by molar-refractivity contribution is 0.0925. The number of hydrogen-bond donors (Lipinski definition) is 3. The molecule has 2 heterocycles. The molecule has 31 heavy (non-hydrogen) atoms. The molecule has 168 valence electrons. The third-order valence-corrected chi connectivity index (χ3v) is 5.49. The second-order valence-corrected chi connectivity index (χ2v) is 7.90. The first-order valence-corrected chi connectivity index (χ1v) is 10.8. The number of nitrogens with zero attached hydrogens (tertiary/aromatic N) is 2. The molecule has 1 saturated heterocycles. The topological polar surface area (TPSA) is 81.9 Å². The molecule has 0 radical (unpaired) electrons. The van der Waals surface area contributed by atoms with Crippen LogP contribution in [0.5, 0.6) is 0 Å². The fraction of sp³-hybridized carbons (Fsp3) is 0.478. The number of aryl methyl sites for hydroxylation is 2. The second kappa shape index (κ2) is 10.8. The largest absolute Gasteiger partial charge is 0.459 e. The summed E-state index contributed by atoms with van der Waals surface area (Å²) in [4.78, 5) is 18.7. The Morgan fingerprint density at radius 2 is 2.03 bits per heavy atom. The first-order chi connectivity index (χ1) is 15.0. The summed E-state index contributed by atoms with van der Waals surface area (Å²) in [6.07, 6.45) is 4.39. The number of guanidine groups is 1. The quantitative estimate of drug-likeness (QED) is 0.358. The molecule has 1 aromatic heterocycles. The van der Waals surface area contributed by atoms with E-state index in [-0.39, 0.29) is 17.8 Å². The van der Waals surface area contributed by atoms with Crippen molar-refractivity contribution in [2.45, 2.75) is 39.2 Å². The number of aliphatic imine (C=N–C) groups is 1. The fourth-order valence-electron chi connectivity index (χ4n) is 3.86. The van der Waals surface area contributed by atoms with Crippen LogP contribution in [0.2, 0.25) is 0 Å². The molecule has 7 nitrogen and oxygen atoms in total. The lowest BCUT2D eigenvalue weighted by Crippen LogP contribution is -2.51. The van der Waals surface area contributed by atoms with Gasteiger partial charge in [-0.25, -0.2) is 4.39 Å². The summed E-state index contributed by atoms with van der Waals surface area (Å²) in [6, 6.07) is 6.99. The molecule has 1 aromatic carbocycles. The summed E-state index contributed by atoms with van der Waals surface area (Å²) in [5.41, 5.74) is 2.87. The van der Waals surface area contributed by atoms with Crippen molar-refractivity contribution in [2.24, 2.45) is 4.99 Å². The van der Waals surface area contributed by atoms with Crippen LogP contribution < -0.4 is 20.9 Å². The maximum absolute atomic E-state index is 13.4. The van der Waals surface area contributed by atoms with Crippen LogP contribution in [0.4, 0.5) is 10.1 Å². The highest BCUT2D eigenvalue weighted by atomic mass is 19.1. The van der Waals surface area contributed by atoms with Crippen LogP contribution in [-0.2, 0) is 0 Å². The number of amides is 1.